The Hall–Kier alpha value is -1.56. The monoisotopic (exact) mass is 519 g/mol. The van der Waals surface area contributed by atoms with Crippen LogP contribution in [0.2, 0.25) is 0 Å². The summed E-state index contributed by atoms with van der Waals surface area (Å²) >= 11 is 1.19. The van der Waals surface area contributed by atoms with Gasteiger partial charge in [0.1, 0.15) is 12.3 Å². The van der Waals surface area contributed by atoms with Crippen molar-refractivity contribution in [2.24, 2.45) is 5.92 Å². The molecule has 192 valence electrons. The topological polar surface area (TPSA) is 138 Å². The van der Waals surface area contributed by atoms with Gasteiger partial charge < -0.3 is 18.5 Å². The summed E-state index contributed by atoms with van der Waals surface area (Å²) in [6.07, 6.45) is 1.58. The minimum atomic E-state index is -1.67. The molecule has 1 saturated heterocycles. The lowest BCUT2D eigenvalue weighted by Gasteiger charge is -2.23. The summed E-state index contributed by atoms with van der Waals surface area (Å²) in [7, 11) is -1.67. The first-order chi connectivity index (χ1) is 16.1. The molecule has 1 aromatic heterocycles. The first kappa shape index (κ1) is 28.7. The molecule has 0 aliphatic carbocycles. The summed E-state index contributed by atoms with van der Waals surface area (Å²) in [5.41, 5.74) is -0.997. The van der Waals surface area contributed by atoms with Crippen LogP contribution in [0.25, 0.3) is 0 Å². The average molecular weight is 520 g/mol. The van der Waals surface area contributed by atoms with E-state index in [0.717, 1.165) is 0 Å². The standard InChI is InChI=1S/C21H34N3O8PS/c1-13(2)20(27)34-11-10-29-33(23-15(5)19(26)31-14(3)4)30-12-16-6-7-18(32-16)24-9-8-17(25)22-21(24)28/h8-9,13-16,18,23H,6-7,10-12H2,1-5H3,(H,22,25,28). The Labute approximate surface area is 204 Å². The van der Waals surface area contributed by atoms with Crippen molar-refractivity contribution < 1.29 is 28.1 Å². The van der Waals surface area contributed by atoms with Crippen molar-refractivity contribution in [1.82, 2.24) is 14.6 Å². The zero-order chi connectivity index (χ0) is 25.3. The fourth-order valence-electron chi connectivity index (χ4n) is 2.90. The van der Waals surface area contributed by atoms with Gasteiger partial charge in [-0.1, -0.05) is 25.6 Å². The molecule has 0 amide bonds. The molecule has 1 fully saturated rings. The van der Waals surface area contributed by atoms with Crippen molar-refractivity contribution in [1.29, 1.82) is 0 Å². The molecule has 13 heteroatoms. The Morgan fingerprint density at radius 3 is 2.62 bits per heavy atom. The summed E-state index contributed by atoms with van der Waals surface area (Å²) < 4.78 is 24.2. The van der Waals surface area contributed by atoms with Crippen LogP contribution in [-0.4, -0.2) is 57.9 Å². The predicted molar refractivity (Wildman–Crippen MR) is 129 cm³/mol. The first-order valence-electron chi connectivity index (χ1n) is 11.2. The van der Waals surface area contributed by atoms with E-state index in [1.807, 2.05) is 13.8 Å². The zero-order valence-electron chi connectivity index (χ0n) is 20.1. The average Bonchev–Trinajstić information content (AvgIpc) is 3.22. The molecule has 1 aromatic rings. The van der Waals surface area contributed by atoms with E-state index in [4.69, 9.17) is 18.5 Å². The molecular weight excluding hydrogens is 485 g/mol. The Morgan fingerprint density at radius 1 is 1.24 bits per heavy atom. The Kier molecular flexibility index (Phi) is 11.9. The smallest absolute Gasteiger partial charge is 0.330 e. The van der Waals surface area contributed by atoms with Crippen molar-refractivity contribution in [2.75, 3.05) is 19.0 Å². The van der Waals surface area contributed by atoms with Crippen molar-refractivity contribution >= 4 is 31.4 Å². The molecule has 4 unspecified atom stereocenters. The molecule has 34 heavy (non-hydrogen) atoms. The lowest BCUT2D eigenvalue weighted by atomic mass is 10.2. The number of carbonyl (C=O) groups is 2. The highest BCUT2D eigenvalue weighted by Gasteiger charge is 2.29. The van der Waals surface area contributed by atoms with Crippen LogP contribution in [0.3, 0.4) is 0 Å². The van der Waals surface area contributed by atoms with Gasteiger partial charge in [-0.15, -0.1) is 0 Å². The second kappa shape index (κ2) is 14.1. The maximum Gasteiger partial charge on any atom is 0.330 e. The van der Waals surface area contributed by atoms with Gasteiger partial charge >= 0.3 is 11.7 Å². The number of carbonyl (C=O) groups excluding carboxylic acids is 2. The van der Waals surface area contributed by atoms with Crippen molar-refractivity contribution in [3.63, 3.8) is 0 Å². The molecule has 11 nitrogen and oxygen atoms in total. The number of H-pyrrole nitrogens is 1. The SMILES string of the molecule is CC(C)OC(=O)C(C)NP(OCCSC(=O)C(C)C)OCC1CCC(n2ccc(=O)[nH]c2=O)O1. The van der Waals surface area contributed by atoms with Crippen LogP contribution in [0.1, 0.15) is 53.7 Å². The Bertz CT molecular complexity index is 922. The minimum absolute atomic E-state index is 0.0610. The molecule has 0 spiro atoms. The number of aromatic nitrogens is 2. The summed E-state index contributed by atoms with van der Waals surface area (Å²) in [6, 6.07) is 0.612. The van der Waals surface area contributed by atoms with E-state index in [2.05, 4.69) is 10.1 Å². The van der Waals surface area contributed by atoms with Crippen LogP contribution in [0, 0.1) is 5.92 Å². The number of thioether (sulfide) groups is 1. The highest BCUT2D eigenvalue weighted by atomic mass is 32.2. The number of nitrogens with one attached hydrogen (secondary N) is 2. The second-order valence-corrected chi connectivity index (χ2v) is 10.7. The van der Waals surface area contributed by atoms with E-state index >= 15 is 0 Å². The molecule has 0 radical (unpaired) electrons. The van der Waals surface area contributed by atoms with Crippen LogP contribution in [0.5, 0.6) is 0 Å². The van der Waals surface area contributed by atoms with Crippen LogP contribution in [0.15, 0.2) is 21.9 Å². The van der Waals surface area contributed by atoms with Crippen LogP contribution in [-0.2, 0) is 28.1 Å². The lowest BCUT2D eigenvalue weighted by molar-refractivity contribution is -0.149. The number of hydrogen-bond donors (Lipinski definition) is 2. The van der Waals surface area contributed by atoms with Crippen LogP contribution in [0.4, 0.5) is 0 Å². The van der Waals surface area contributed by atoms with Gasteiger partial charge in [-0.3, -0.25) is 23.9 Å². The van der Waals surface area contributed by atoms with E-state index in [0.29, 0.717) is 18.6 Å². The first-order valence-corrected chi connectivity index (χ1v) is 13.4. The van der Waals surface area contributed by atoms with Crippen molar-refractivity contribution in [3.05, 3.63) is 33.1 Å². The zero-order valence-corrected chi connectivity index (χ0v) is 21.9. The number of ether oxygens (including phenoxy) is 2. The van der Waals surface area contributed by atoms with Gasteiger partial charge in [0, 0.05) is 23.9 Å². The molecule has 1 aliphatic rings. The van der Waals surface area contributed by atoms with Crippen LogP contribution < -0.4 is 16.3 Å². The largest absolute Gasteiger partial charge is 0.462 e. The third-order valence-electron chi connectivity index (χ3n) is 4.64. The normalized spacial score (nSPS) is 20.0. The van der Waals surface area contributed by atoms with Gasteiger partial charge in [-0.2, -0.15) is 0 Å². The summed E-state index contributed by atoms with van der Waals surface area (Å²) in [6.45, 7) is 9.31. The lowest BCUT2D eigenvalue weighted by Crippen LogP contribution is -2.35. The molecule has 4 atom stereocenters. The van der Waals surface area contributed by atoms with Gasteiger partial charge in [0.2, 0.25) is 0 Å². The fourth-order valence-corrected chi connectivity index (χ4v) is 4.93. The Morgan fingerprint density at radius 2 is 1.97 bits per heavy atom. The molecular formula is C21H34N3O8PS. The number of aromatic amines is 1. The summed E-state index contributed by atoms with van der Waals surface area (Å²) in [5, 5.41) is 3.10. The number of nitrogens with zero attached hydrogens (tertiary/aromatic N) is 1. The number of hydrogen-bond acceptors (Lipinski definition) is 10. The number of esters is 1. The molecule has 0 bridgehead atoms. The molecule has 2 N–H and O–H groups in total. The predicted octanol–water partition coefficient (Wildman–Crippen LogP) is 2.32. The fraction of sp³-hybridized carbons (Fsp3) is 0.714. The second-order valence-electron chi connectivity index (χ2n) is 8.35. The quantitative estimate of drug-likeness (QED) is 0.227. The van der Waals surface area contributed by atoms with E-state index in [1.165, 1.54) is 28.6 Å². The maximum atomic E-state index is 12.2. The Balaban J connectivity index is 1.90. The third-order valence-corrected chi connectivity index (χ3v) is 7.16. The van der Waals surface area contributed by atoms with Gasteiger partial charge in [0.15, 0.2) is 5.12 Å². The van der Waals surface area contributed by atoms with E-state index in [-0.39, 0.29) is 36.5 Å². The molecule has 2 heterocycles. The molecule has 1 aliphatic heterocycles. The highest BCUT2D eigenvalue weighted by molar-refractivity contribution is 8.13. The number of rotatable bonds is 13. The highest BCUT2D eigenvalue weighted by Crippen LogP contribution is 2.37. The maximum absolute atomic E-state index is 12.2. The van der Waals surface area contributed by atoms with Crippen molar-refractivity contribution in [2.45, 2.75) is 71.9 Å². The van der Waals surface area contributed by atoms with Gasteiger partial charge in [-0.25, -0.2) is 9.88 Å². The van der Waals surface area contributed by atoms with Crippen molar-refractivity contribution in [3.8, 4) is 0 Å². The van der Waals surface area contributed by atoms with E-state index < -0.39 is 38.0 Å². The van der Waals surface area contributed by atoms with Crippen LogP contribution >= 0.6 is 20.3 Å². The van der Waals surface area contributed by atoms with Gasteiger partial charge in [-0.05, 0) is 33.6 Å². The molecule has 2 rings (SSSR count). The van der Waals surface area contributed by atoms with Gasteiger partial charge in [0.05, 0.1) is 25.4 Å². The van der Waals surface area contributed by atoms with E-state index in [9.17, 15) is 19.2 Å². The molecule has 0 aromatic carbocycles. The summed E-state index contributed by atoms with van der Waals surface area (Å²) in [5.74, 6) is -0.0224. The van der Waals surface area contributed by atoms with Gasteiger partial charge in [0.25, 0.3) is 14.1 Å². The summed E-state index contributed by atoms with van der Waals surface area (Å²) in [4.78, 5) is 49.5. The molecule has 0 saturated carbocycles. The van der Waals surface area contributed by atoms with E-state index in [1.54, 1.807) is 20.8 Å². The third kappa shape index (κ3) is 9.59. The minimum Gasteiger partial charge on any atom is -0.462 e.